The maximum atomic E-state index is 6.04. The molecule has 60 valence electrons. The molecule has 0 saturated carbocycles. The molecule has 0 spiro atoms. The minimum absolute atomic E-state index is 0.848. The van der Waals surface area contributed by atoms with Gasteiger partial charge in [-0.25, -0.2) is 0 Å². The van der Waals surface area contributed by atoms with Crippen LogP contribution >= 0.6 is 11.6 Å². The van der Waals surface area contributed by atoms with Crippen LogP contribution in [0.4, 0.5) is 0 Å². The van der Waals surface area contributed by atoms with Crippen LogP contribution in [-0.4, -0.2) is 0 Å². The fourth-order valence-corrected chi connectivity index (χ4v) is 1.43. The molecule has 0 fully saturated rings. The SMILES string of the molecule is C=C1CC=C(C)C(C)=C(Cl)C1. The van der Waals surface area contributed by atoms with Crippen LogP contribution in [0.2, 0.25) is 0 Å². The van der Waals surface area contributed by atoms with Crippen molar-refractivity contribution < 1.29 is 0 Å². The molecule has 11 heavy (non-hydrogen) atoms. The Morgan fingerprint density at radius 1 is 1.45 bits per heavy atom. The summed E-state index contributed by atoms with van der Waals surface area (Å²) < 4.78 is 0. The maximum Gasteiger partial charge on any atom is 0.0253 e. The van der Waals surface area contributed by atoms with Gasteiger partial charge in [-0.1, -0.05) is 35.4 Å². The molecular formula is C10H13Cl. The van der Waals surface area contributed by atoms with E-state index in [1.165, 1.54) is 16.7 Å². The predicted molar refractivity (Wildman–Crippen MR) is 50.7 cm³/mol. The van der Waals surface area contributed by atoms with Gasteiger partial charge in [-0.05, 0) is 25.8 Å². The molecule has 0 nitrogen and oxygen atoms in total. The highest BCUT2D eigenvalue weighted by Gasteiger charge is 2.07. The Morgan fingerprint density at radius 2 is 2.09 bits per heavy atom. The summed E-state index contributed by atoms with van der Waals surface area (Å²) in [5, 5.41) is 0.946. The highest BCUT2D eigenvalue weighted by atomic mass is 35.5. The molecule has 0 bridgehead atoms. The molecule has 0 atom stereocenters. The molecule has 0 N–H and O–H groups in total. The van der Waals surface area contributed by atoms with Crippen LogP contribution in [0.15, 0.2) is 34.4 Å². The van der Waals surface area contributed by atoms with Crippen LogP contribution in [0.3, 0.4) is 0 Å². The van der Waals surface area contributed by atoms with Crippen molar-refractivity contribution in [1.82, 2.24) is 0 Å². The van der Waals surface area contributed by atoms with Crippen LogP contribution in [-0.2, 0) is 0 Å². The highest BCUT2D eigenvalue weighted by Crippen LogP contribution is 2.28. The van der Waals surface area contributed by atoms with Crippen LogP contribution < -0.4 is 0 Å². The second-order valence-corrected chi connectivity index (χ2v) is 3.50. The van der Waals surface area contributed by atoms with Gasteiger partial charge in [0, 0.05) is 11.5 Å². The molecule has 0 radical (unpaired) electrons. The van der Waals surface area contributed by atoms with E-state index in [4.69, 9.17) is 11.6 Å². The van der Waals surface area contributed by atoms with Gasteiger partial charge in [-0.2, -0.15) is 0 Å². The summed E-state index contributed by atoms with van der Waals surface area (Å²) in [5.41, 5.74) is 3.70. The van der Waals surface area contributed by atoms with E-state index >= 15 is 0 Å². The fourth-order valence-electron chi connectivity index (χ4n) is 1.09. The summed E-state index contributed by atoms with van der Waals surface area (Å²) in [7, 11) is 0. The lowest BCUT2D eigenvalue weighted by Crippen LogP contribution is -1.81. The lowest BCUT2D eigenvalue weighted by molar-refractivity contribution is 1.11. The van der Waals surface area contributed by atoms with Gasteiger partial charge in [-0.15, -0.1) is 0 Å². The number of hydrogen-bond acceptors (Lipinski definition) is 0. The second-order valence-electron chi connectivity index (χ2n) is 3.05. The number of hydrogen-bond donors (Lipinski definition) is 0. The normalized spacial score (nSPS) is 19.9. The van der Waals surface area contributed by atoms with Crippen LogP contribution in [0, 0.1) is 0 Å². The van der Waals surface area contributed by atoms with Crippen molar-refractivity contribution >= 4 is 11.6 Å². The molecule has 0 aromatic rings. The number of halogens is 1. The monoisotopic (exact) mass is 168 g/mol. The Labute approximate surface area is 73.3 Å². The molecule has 0 unspecified atom stereocenters. The molecule has 1 rings (SSSR count). The van der Waals surface area contributed by atoms with Crippen molar-refractivity contribution in [3.8, 4) is 0 Å². The Morgan fingerprint density at radius 3 is 2.73 bits per heavy atom. The zero-order valence-electron chi connectivity index (χ0n) is 7.08. The van der Waals surface area contributed by atoms with Gasteiger partial charge in [0.15, 0.2) is 0 Å². The summed E-state index contributed by atoms with van der Waals surface area (Å²) in [6.45, 7) is 8.09. The lowest BCUT2D eigenvalue weighted by Gasteiger charge is -2.01. The van der Waals surface area contributed by atoms with Gasteiger partial charge in [0.1, 0.15) is 0 Å². The van der Waals surface area contributed by atoms with Crippen molar-refractivity contribution in [2.75, 3.05) is 0 Å². The lowest BCUT2D eigenvalue weighted by atomic mass is 10.1. The van der Waals surface area contributed by atoms with Gasteiger partial charge >= 0.3 is 0 Å². The second kappa shape index (κ2) is 3.27. The third kappa shape index (κ3) is 1.97. The van der Waals surface area contributed by atoms with E-state index in [0.29, 0.717) is 0 Å². The van der Waals surface area contributed by atoms with Gasteiger partial charge < -0.3 is 0 Å². The first-order valence-electron chi connectivity index (χ1n) is 3.80. The van der Waals surface area contributed by atoms with Gasteiger partial charge in [0.05, 0.1) is 0 Å². The zero-order chi connectivity index (χ0) is 8.43. The average molecular weight is 169 g/mol. The first kappa shape index (κ1) is 8.61. The highest BCUT2D eigenvalue weighted by molar-refractivity contribution is 6.30. The van der Waals surface area contributed by atoms with E-state index in [1.807, 2.05) is 0 Å². The largest absolute Gasteiger partial charge is 0.0992 e. The van der Waals surface area contributed by atoms with Crippen LogP contribution in [0.5, 0.6) is 0 Å². The van der Waals surface area contributed by atoms with Crippen LogP contribution in [0.25, 0.3) is 0 Å². The molecular weight excluding hydrogens is 156 g/mol. The Balaban J connectivity index is 2.99. The fraction of sp³-hybridized carbons (Fsp3) is 0.400. The standard InChI is InChI=1S/C10H13Cl/c1-7-4-5-8(2)9(3)10(11)6-7/h5H,1,4,6H2,2-3H3. The van der Waals surface area contributed by atoms with Gasteiger partial charge in [-0.3, -0.25) is 0 Å². The number of allylic oxidation sites excluding steroid dienone is 5. The smallest absolute Gasteiger partial charge is 0.0253 e. The van der Waals surface area contributed by atoms with E-state index < -0.39 is 0 Å². The third-order valence-corrected chi connectivity index (χ3v) is 2.52. The van der Waals surface area contributed by atoms with Crippen molar-refractivity contribution in [2.45, 2.75) is 26.7 Å². The summed E-state index contributed by atoms with van der Waals surface area (Å²) >= 11 is 6.04. The molecule has 0 saturated heterocycles. The van der Waals surface area contributed by atoms with Crippen molar-refractivity contribution in [3.05, 3.63) is 34.4 Å². The molecule has 0 aromatic carbocycles. The summed E-state index contributed by atoms with van der Waals surface area (Å²) in [5.74, 6) is 0. The minimum Gasteiger partial charge on any atom is -0.0992 e. The molecule has 0 aliphatic heterocycles. The molecule has 0 aromatic heterocycles. The van der Waals surface area contributed by atoms with Crippen molar-refractivity contribution in [1.29, 1.82) is 0 Å². The van der Waals surface area contributed by atoms with E-state index in [2.05, 4.69) is 26.5 Å². The molecule has 0 amide bonds. The van der Waals surface area contributed by atoms with E-state index in [1.54, 1.807) is 0 Å². The van der Waals surface area contributed by atoms with Gasteiger partial charge in [0.25, 0.3) is 0 Å². The van der Waals surface area contributed by atoms with Crippen molar-refractivity contribution in [3.63, 3.8) is 0 Å². The molecule has 1 aliphatic carbocycles. The van der Waals surface area contributed by atoms with E-state index in [-0.39, 0.29) is 0 Å². The zero-order valence-corrected chi connectivity index (χ0v) is 7.83. The topological polar surface area (TPSA) is 0 Å². The first-order valence-corrected chi connectivity index (χ1v) is 4.18. The predicted octanol–water partition coefficient (Wildman–Crippen LogP) is 3.80. The van der Waals surface area contributed by atoms with Crippen molar-refractivity contribution in [2.24, 2.45) is 0 Å². The average Bonchev–Trinajstić information content (AvgIpc) is 2.05. The summed E-state index contributed by atoms with van der Waals surface area (Å²) in [6.07, 6.45) is 4.01. The maximum absolute atomic E-state index is 6.04. The first-order chi connectivity index (χ1) is 5.11. The minimum atomic E-state index is 0.848. The molecule has 1 heteroatoms. The molecule has 0 heterocycles. The van der Waals surface area contributed by atoms with Crippen LogP contribution in [0.1, 0.15) is 26.7 Å². The summed E-state index contributed by atoms with van der Waals surface area (Å²) in [4.78, 5) is 0. The van der Waals surface area contributed by atoms with E-state index in [9.17, 15) is 0 Å². The van der Waals surface area contributed by atoms with E-state index in [0.717, 1.165) is 17.9 Å². The Kier molecular flexibility index (Phi) is 2.56. The quantitative estimate of drug-likeness (QED) is 0.483. The number of rotatable bonds is 0. The van der Waals surface area contributed by atoms with Gasteiger partial charge in [0.2, 0.25) is 0 Å². The summed E-state index contributed by atoms with van der Waals surface area (Å²) in [6, 6.07) is 0. The Bertz CT molecular complexity index is 244. The third-order valence-electron chi connectivity index (χ3n) is 2.10. The molecule has 1 aliphatic rings. The Hall–Kier alpha value is -0.490.